The molecule has 1 aliphatic rings. The molecule has 0 fully saturated rings. The fourth-order valence-corrected chi connectivity index (χ4v) is 2.59. The Bertz CT molecular complexity index is 685. The Morgan fingerprint density at radius 2 is 1.95 bits per heavy atom. The largest absolute Gasteiger partial charge is 0.508 e. The summed E-state index contributed by atoms with van der Waals surface area (Å²) < 4.78 is 0. The van der Waals surface area contributed by atoms with Gasteiger partial charge >= 0.3 is 0 Å². The first kappa shape index (κ1) is 13.8. The van der Waals surface area contributed by atoms with Crippen molar-refractivity contribution in [1.29, 1.82) is 0 Å². The van der Waals surface area contributed by atoms with Crippen LogP contribution in [0.4, 0.5) is 17.1 Å². The molecule has 0 aromatic heterocycles. The van der Waals surface area contributed by atoms with E-state index >= 15 is 0 Å². The fraction of sp³-hybridized carbons (Fsp3) is 0.188. The molecule has 3 rings (SSSR count). The molecule has 1 aliphatic heterocycles. The quantitative estimate of drug-likeness (QED) is 0.843. The molecule has 2 aromatic carbocycles. The minimum absolute atomic E-state index is 0.0140. The van der Waals surface area contributed by atoms with Gasteiger partial charge in [-0.25, -0.2) is 0 Å². The average molecular weight is 303 g/mol. The second-order valence-corrected chi connectivity index (χ2v) is 5.62. The Morgan fingerprint density at radius 3 is 2.67 bits per heavy atom. The van der Waals surface area contributed by atoms with Crippen LogP contribution in [0.1, 0.15) is 6.92 Å². The van der Waals surface area contributed by atoms with Crippen LogP contribution in [0.5, 0.6) is 5.75 Å². The molecule has 5 heteroatoms. The summed E-state index contributed by atoms with van der Waals surface area (Å²) in [6.45, 7) is 2.43. The minimum Gasteiger partial charge on any atom is -0.508 e. The van der Waals surface area contributed by atoms with Gasteiger partial charge in [-0.15, -0.1) is 0 Å². The normalized spacial score (nSPS) is 17.9. The Labute approximate surface area is 128 Å². The van der Waals surface area contributed by atoms with Crippen LogP contribution in [0.3, 0.4) is 0 Å². The Balaban J connectivity index is 2.12. The number of aromatic hydroxyl groups is 1. The monoisotopic (exact) mass is 302 g/mol. The highest BCUT2D eigenvalue weighted by atomic mass is 35.5. The van der Waals surface area contributed by atoms with E-state index in [1.807, 2.05) is 30.0 Å². The van der Waals surface area contributed by atoms with Crippen LogP contribution in [-0.4, -0.2) is 17.6 Å². The summed E-state index contributed by atoms with van der Waals surface area (Å²) in [6, 6.07) is 12.3. The van der Waals surface area contributed by atoms with Gasteiger partial charge in [0.2, 0.25) is 5.91 Å². The van der Waals surface area contributed by atoms with Crippen molar-refractivity contribution in [1.82, 2.24) is 0 Å². The number of amides is 1. The molecule has 0 spiro atoms. The molecular formula is C16H15ClN2O2. The predicted octanol–water partition coefficient (Wildman–Crippen LogP) is 3.77. The minimum atomic E-state index is -0.162. The number of carbonyl (C=O) groups is 1. The number of rotatable bonds is 1. The third-order valence-electron chi connectivity index (χ3n) is 3.57. The van der Waals surface area contributed by atoms with E-state index in [-0.39, 0.29) is 17.6 Å². The third kappa shape index (κ3) is 2.67. The summed E-state index contributed by atoms with van der Waals surface area (Å²) in [6.07, 6.45) is 0. The van der Waals surface area contributed by atoms with Gasteiger partial charge in [-0.2, -0.15) is 0 Å². The van der Waals surface area contributed by atoms with E-state index in [0.717, 1.165) is 17.1 Å². The van der Waals surface area contributed by atoms with Gasteiger partial charge in [-0.3, -0.25) is 4.79 Å². The topological polar surface area (TPSA) is 52.6 Å². The lowest BCUT2D eigenvalue weighted by Gasteiger charge is -2.26. The van der Waals surface area contributed by atoms with Crippen molar-refractivity contribution < 1.29 is 9.90 Å². The van der Waals surface area contributed by atoms with E-state index in [2.05, 4.69) is 5.32 Å². The van der Waals surface area contributed by atoms with Crippen LogP contribution in [0, 0.1) is 5.92 Å². The van der Waals surface area contributed by atoms with Gasteiger partial charge < -0.3 is 15.3 Å². The molecular weight excluding hydrogens is 288 g/mol. The molecule has 0 bridgehead atoms. The van der Waals surface area contributed by atoms with Gasteiger partial charge in [0.25, 0.3) is 0 Å². The number of phenols is 1. The number of anilines is 3. The van der Waals surface area contributed by atoms with Crippen molar-refractivity contribution >= 4 is 34.6 Å². The molecule has 1 amide bonds. The number of nitrogens with zero attached hydrogens (tertiary/aromatic N) is 1. The van der Waals surface area contributed by atoms with Gasteiger partial charge in [-0.05, 0) is 42.5 Å². The lowest BCUT2D eigenvalue weighted by atomic mass is 10.1. The number of hydrogen-bond donors (Lipinski definition) is 2. The summed E-state index contributed by atoms with van der Waals surface area (Å²) in [5.74, 6) is 0.0342. The first-order chi connectivity index (χ1) is 10.0. The van der Waals surface area contributed by atoms with Crippen LogP contribution in [-0.2, 0) is 4.79 Å². The van der Waals surface area contributed by atoms with Crippen molar-refractivity contribution in [3.63, 3.8) is 0 Å². The lowest BCUT2D eigenvalue weighted by Crippen LogP contribution is -2.27. The summed E-state index contributed by atoms with van der Waals surface area (Å²) in [5.41, 5.74) is 2.49. The van der Waals surface area contributed by atoms with Crippen LogP contribution in [0.15, 0.2) is 42.5 Å². The zero-order chi connectivity index (χ0) is 15.0. The molecule has 2 aromatic rings. The van der Waals surface area contributed by atoms with Crippen LogP contribution in [0.25, 0.3) is 0 Å². The molecule has 21 heavy (non-hydrogen) atoms. The molecule has 0 aliphatic carbocycles. The van der Waals surface area contributed by atoms with Gasteiger partial charge in [-0.1, -0.05) is 18.5 Å². The number of hydrogen-bond acceptors (Lipinski definition) is 3. The number of phenolic OH excluding ortho intramolecular Hbond substituents is 1. The van der Waals surface area contributed by atoms with E-state index in [1.54, 1.807) is 24.3 Å². The van der Waals surface area contributed by atoms with Crippen LogP contribution < -0.4 is 10.2 Å². The van der Waals surface area contributed by atoms with Crippen LogP contribution in [0.2, 0.25) is 5.02 Å². The Kier molecular flexibility index (Phi) is 3.47. The second kappa shape index (κ2) is 5.30. The Hall–Kier alpha value is -2.20. The van der Waals surface area contributed by atoms with Crippen molar-refractivity contribution in [3.05, 3.63) is 47.5 Å². The summed E-state index contributed by atoms with van der Waals surface area (Å²) in [5, 5.41) is 13.0. The maximum Gasteiger partial charge on any atom is 0.229 e. The predicted molar refractivity (Wildman–Crippen MR) is 84.4 cm³/mol. The zero-order valence-corrected chi connectivity index (χ0v) is 12.3. The maximum absolute atomic E-state index is 12.1. The van der Waals surface area contributed by atoms with Crippen molar-refractivity contribution in [3.8, 4) is 5.75 Å². The Morgan fingerprint density at radius 1 is 1.24 bits per heavy atom. The van der Waals surface area contributed by atoms with Gasteiger partial charge in [0, 0.05) is 17.3 Å². The fourth-order valence-electron chi connectivity index (χ4n) is 2.42. The van der Waals surface area contributed by atoms with Crippen molar-refractivity contribution in [2.75, 3.05) is 16.8 Å². The summed E-state index contributed by atoms with van der Waals surface area (Å²) in [4.78, 5) is 14.1. The van der Waals surface area contributed by atoms with E-state index in [9.17, 15) is 9.90 Å². The number of nitrogens with one attached hydrogen (secondary N) is 1. The van der Waals surface area contributed by atoms with Gasteiger partial charge in [0.1, 0.15) is 5.75 Å². The second-order valence-electron chi connectivity index (χ2n) is 5.18. The third-order valence-corrected chi connectivity index (χ3v) is 3.81. The summed E-state index contributed by atoms with van der Waals surface area (Å²) >= 11 is 6.10. The van der Waals surface area contributed by atoms with E-state index in [1.165, 1.54) is 0 Å². The standard InChI is InChI=1S/C16H15ClN2O2/c1-10-9-19(12-3-5-13(20)6-4-12)15-8-11(17)2-7-14(15)18-16(10)21/h2-8,10,20H,9H2,1H3,(H,18,21). The van der Waals surface area contributed by atoms with Crippen molar-refractivity contribution in [2.24, 2.45) is 5.92 Å². The average Bonchev–Trinajstić information content (AvgIpc) is 2.58. The highest BCUT2D eigenvalue weighted by Crippen LogP contribution is 2.37. The number of fused-ring (bicyclic) bond motifs is 1. The smallest absolute Gasteiger partial charge is 0.229 e. The molecule has 1 atom stereocenters. The molecule has 0 radical (unpaired) electrons. The zero-order valence-electron chi connectivity index (χ0n) is 11.5. The number of carbonyl (C=O) groups excluding carboxylic acids is 1. The number of benzene rings is 2. The molecule has 4 nitrogen and oxygen atoms in total. The molecule has 108 valence electrons. The molecule has 2 N–H and O–H groups in total. The van der Waals surface area contributed by atoms with E-state index in [4.69, 9.17) is 11.6 Å². The van der Waals surface area contributed by atoms with E-state index in [0.29, 0.717) is 11.6 Å². The first-order valence-electron chi connectivity index (χ1n) is 6.71. The van der Waals surface area contributed by atoms with Crippen LogP contribution >= 0.6 is 11.6 Å². The van der Waals surface area contributed by atoms with E-state index < -0.39 is 0 Å². The molecule has 1 heterocycles. The van der Waals surface area contributed by atoms with Crippen molar-refractivity contribution in [2.45, 2.75) is 6.92 Å². The maximum atomic E-state index is 12.1. The molecule has 0 saturated heterocycles. The molecule has 0 saturated carbocycles. The number of halogens is 1. The molecule has 1 unspecified atom stereocenters. The highest BCUT2D eigenvalue weighted by molar-refractivity contribution is 6.31. The van der Waals surface area contributed by atoms with Gasteiger partial charge in [0.05, 0.1) is 17.3 Å². The highest BCUT2D eigenvalue weighted by Gasteiger charge is 2.26. The van der Waals surface area contributed by atoms with Gasteiger partial charge in [0.15, 0.2) is 0 Å². The first-order valence-corrected chi connectivity index (χ1v) is 7.09. The summed E-state index contributed by atoms with van der Waals surface area (Å²) in [7, 11) is 0. The SMILES string of the molecule is CC1CN(c2ccc(O)cc2)c2cc(Cl)ccc2NC1=O. The lowest BCUT2D eigenvalue weighted by molar-refractivity contribution is -0.119.